The molecule has 0 saturated carbocycles. The molecule has 0 saturated heterocycles. The average molecular weight is 391 g/mol. The van der Waals surface area contributed by atoms with Gasteiger partial charge in [-0.1, -0.05) is 59.3 Å². The number of aromatic nitrogens is 2. The Hall–Kier alpha value is -3.52. The summed E-state index contributed by atoms with van der Waals surface area (Å²) in [5.74, 6) is -1.61. The average Bonchev–Trinajstić information content (AvgIpc) is 2.98. The van der Waals surface area contributed by atoms with Crippen LogP contribution in [-0.4, -0.2) is 33.0 Å². The Balaban J connectivity index is 1.52. The van der Waals surface area contributed by atoms with Crippen LogP contribution in [0.3, 0.4) is 0 Å². The van der Waals surface area contributed by atoms with E-state index in [1.54, 1.807) is 12.1 Å². The molecular formula is C20H13N3O4S. The first-order valence-electron chi connectivity index (χ1n) is 8.33. The predicted molar refractivity (Wildman–Crippen MR) is 100 cm³/mol. The van der Waals surface area contributed by atoms with Gasteiger partial charge in [-0.15, -0.1) is 5.10 Å². The topological polar surface area (TPSA) is 89.5 Å². The van der Waals surface area contributed by atoms with Crippen molar-refractivity contribution >= 4 is 29.5 Å². The van der Waals surface area contributed by atoms with Crippen molar-refractivity contribution < 1.29 is 19.2 Å². The molecule has 1 aliphatic heterocycles. The fourth-order valence-electron chi connectivity index (χ4n) is 2.69. The Labute approximate surface area is 164 Å². The summed E-state index contributed by atoms with van der Waals surface area (Å²) in [6.07, 6.45) is 1.35. The van der Waals surface area contributed by atoms with E-state index >= 15 is 0 Å². The SMILES string of the molecule is O=C(ON1C(=O)c2ccccc2C1=O)c1ccnnc1SCc1ccccc1. The van der Waals surface area contributed by atoms with E-state index in [0.717, 1.165) is 5.56 Å². The number of carbonyl (C=O) groups is 3. The number of hydrogen-bond donors (Lipinski definition) is 0. The summed E-state index contributed by atoms with van der Waals surface area (Å²) in [5, 5.41) is 8.64. The number of benzene rings is 2. The fraction of sp³-hybridized carbons (Fsp3) is 0.0500. The Morgan fingerprint density at radius 3 is 2.25 bits per heavy atom. The van der Waals surface area contributed by atoms with Crippen molar-refractivity contribution in [2.45, 2.75) is 10.8 Å². The van der Waals surface area contributed by atoms with Gasteiger partial charge < -0.3 is 4.84 Å². The van der Waals surface area contributed by atoms with Gasteiger partial charge in [0.05, 0.1) is 22.9 Å². The minimum atomic E-state index is -0.847. The zero-order valence-electron chi connectivity index (χ0n) is 14.4. The maximum atomic E-state index is 12.6. The van der Waals surface area contributed by atoms with Gasteiger partial charge in [-0.25, -0.2) is 4.79 Å². The van der Waals surface area contributed by atoms with Crippen LogP contribution in [0.4, 0.5) is 0 Å². The van der Waals surface area contributed by atoms with E-state index < -0.39 is 17.8 Å². The highest BCUT2D eigenvalue weighted by Gasteiger charge is 2.39. The summed E-state index contributed by atoms with van der Waals surface area (Å²) in [4.78, 5) is 42.5. The van der Waals surface area contributed by atoms with E-state index in [1.165, 1.54) is 36.2 Å². The first kappa shape index (κ1) is 17.9. The third-order valence-electron chi connectivity index (χ3n) is 4.06. The summed E-state index contributed by atoms with van der Waals surface area (Å²) in [5.41, 5.74) is 1.59. The molecule has 2 heterocycles. The standard InChI is InChI=1S/C20H13N3O4S/c24-18-14-8-4-5-9-15(14)19(25)23(18)27-20(26)16-10-11-21-22-17(16)28-12-13-6-2-1-3-7-13/h1-11H,12H2. The second kappa shape index (κ2) is 7.61. The van der Waals surface area contributed by atoms with Crippen LogP contribution < -0.4 is 0 Å². The van der Waals surface area contributed by atoms with Crippen LogP contribution in [0.5, 0.6) is 0 Å². The number of thioether (sulfide) groups is 1. The number of hydrogen-bond acceptors (Lipinski definition) is 7. The molecule has 2 amide bonds. The summed E-state index contributed by atoms with van der Waals surface area (Å²) in [7, 11) is 0. The van der Waals surface area contributed by atoms with Crippen molar-refractivity contribution in [3.8, 4) is 0 Å². The zero-order valence-corrected chi connectivity index (χ0v) is 15.3. The molecule has 0 spiro atoms. The lowest BCUT2D eigenvalue weighted by atomic mass is 10.1. The third kappa shape index (κ3) is 3.37. The van der Waals surface area contributed by atoms with Gasteiger partial charge in [-0.2, -0.15) is 5.10 Å². The van der Waals surface area contributed by atoms with Crippen molar-refractivity contribution in [3.63, 3.8) is 0 Å². The van der Waals surface area contributed by atoms with E-state index in [0.29, 0.717) is 15.8 Å². The van der Waals surface area contributed by atoms with Crippen molar-refractivity contribution in [3.05, 3.63) is 89.1 Å². The molecule has 0 unspecified atom stereocenters. The maximum Gasteiger partial charge on any atom is 0.366 e. The number of amides is 2. The molecule has 8 heteroatoms. The van der Waals surface area contributed by atoms with E-state index in [1.807, 2.05) is 30.3 Å². The lowest BCUT2D eigenvalue weighted by Gasteiger charge is -2.13. The van der Waals surface area contributed by atoms with E-state index in [4.69, 9.17) is 4.84 Å². The van der Waals surface area contributed by atoms with Gasteiger partial charge in [0.1, 0.15) is 5.03 Å². The van der Waals surface area contributed by atoms with Gasteiger partial charge in [-0.3, -0.25) is 9.59 Å². The van der Waals surface area contributed by atoms with Gasteiger partial charge in [-0.05, 0) is 23.8 Å². The minimum absolute atomic E-state index is 0.132. The molecule has 0 aliphatic carbocycles. The summed E-state index contributed by atoms with van der Waals surface area (Å²) in [6, 6.07) is 17.4. The molecule has 4 rings (SSSR count). The minimum Gasteiger partial charge on any atom is -0.324 e. The Morgan fingerprint density at radius 2 is 1.57 bits per heavy atom. The molecule has 7 nitrogen and oxygen atoms in total. The molecule has 138 valence electrons. The Bertz CT molecular complexity index is 1040. The number of nitrogens with zero attached hydrogens (tertiary/aromatic N) is 3. The molecule has 0 radical (unpaired) electrons. The van der Waals surface area contributed by atoms with Crippen LogP contribution in [-0.2, 0) is 10.6 Å². The second-order valence-corrected chi connectivity index (χ2v) is 6.82. The lowest BCUT2D eigenvalue weighted by Crippen LogP contribution is -2.32. The lowest BCUT2D eigenvalue weighted by molar-refractivity contribution is -0.0587. The van der Waals surface area contributed by atoms with Crippen molar-refractivity contribution in [2.24, 2.45) is 0 Å². The number of imide groups is 1. The van der Waals surface area contributed by atoms with Gasteiger partial charge in [0.25, 0.3) is 11.8 Å². The van der Waals surface area contributed by atoms with E-state index in [-0.39, 0.29) is 16.7 Å². The molecule has 1 aromatic heterocycles. The van der Waals surface area contributed by atoms with Gasteiger partial charge in [0.2, 0.25) is 0 Å². The van der Waals surface area contributed by atoms with Crippen LogP contribution in [0.25, 0.3) is 0 Å². The molecular weight excluding hydrogens is 378 g/mol. The van der Waals surface area contributed by atoms with Gasteiger partial charge >= 0.3 is 5.97 Å². The number of fused-ring (bicyclic) bond motifs is 1. The third-order valence-corrected chi connectivity index (χ3v) is 5.11. The van der Waals surface area contributed by atoms with Crippen LogP contribution in [0.2, 0.25) is 0 Å². The van der Waals surface area contributed by atoms with E-state index in [2.05, 4.69) is 10.2 Å². The fourth-order valence-corrected chi connectivity index (χ4v) is 3.60. The van der Waals surface area contributed by atoms with Gasteiger partial charge in [0, 0.05) is 5.75 Å². The van der Waals surface area contributed by atoms with E-state index in [9.17, 15) is 14.4 Å². The van der Waals surface area contributed by atoms with Crippen molar-refractivity contribution in [1.29, 1.82) is 0 Å². The summed E-state index contributed by atoms with van der Waals surface area (Å²) < 4.78 is 0. The van der Waals surface area contributed by atoms with Crippen LogP contribution in [0.1, 0.15) is 36.6 Å². The Morgan fingerprint density at radius 1 is 0.929 bits per heavy atom. The summed E-state index contributed by atoms with van der Waals surface area (Å²) >= 11 is 1.31. The largest absolute Gasteiger partial charge is 0.366 e. The number of rotatable bonds is 5. The van der Waals surface area contributed by atoms with Crippen LogP contribution in [0, 0.1) is 0 Å². The molecule has 0 atom stereocenters. The smallest absolute Gasteiger partial charge is 0.324 e. The quantitative estimate of drug-likeness (QED) is 0.487. The molecule has 2 aromatic carbocycles. The normalized spacial score (nSPS) is 12.8. The summed E-state index contributed by atoms with van der Waals surface area (Å²) in [6.45, 7) is 0. The first-order chi connectivity index (χ1) is 13.6. The second-order valence-electron chi connectivity index (χ2n) is 5.85. The highest BCUT2D eigenvalue weighted by Crippen LogP contribution is 2.27. The number of carbonyl (C=O) groups excluding carboxylic acids is 3. The van der Waals surface area contributed by atoms with Gasteiger partial charge in [0.15, 0.2) is 0 Å². The zero-order chi connectivity index (χ0) is 19.5. The maximum absolute atomic E-state index is 12.6. The highest BCUT2D eigenvalue weighted by atomic mass is 32.2. The molecule has 0 bridgehead atoms. The predicted octanol–water partition coefficient (Wildman–Crippen LogP) is 3.14. The van der Waals surface area contributed by atoms with Crippen LogP contribution >= 0.6 is 11.8 Å². The molecule has 0 fully saturated rings. The first-order valence-corrected chi connectivity index (χ1v) is 9.32. The highest BCUT2D eigenvalue weighted by molar-refractivity contribution is 7.98. The van der Waals surface area contributed by atoms with Crippen molar-refractivity contribution in [1.82, 2.24) is 15.3 Å². The molecule has 28 heavy (non-hydrogen) atoms. The monoisotopic (exact) mass is 391 g/mol. The van der Waals surface area contributed by atoms with Crippen LogP contribution in [0.15, 0.2) is 71.9 Å². The van der Waals surface area contributed by atoms with Crippen molar-refractivity contribution in [2.75, 3.05) is 0 Å². The molecule has 1 aliphatic rings. The molecule has 3 aromatic rings. The number of hydroxylamine groups is 2. The molecule has 0 N–H and O–H groups in total. The Kier molecular flexibility index (Phi) is 4.86.